The molecule has 0 radical (unpaired) electrons. The molecule has 1 fully saturated rings. The zero-order valence-corrected chi connectivity index (χ0v) is 11.1. The predicted molar refractivity (Wildman–Crippen MR) is 68.1 cm³/mol. The molecule has 5 nitrogen and oxygen atoms in total. The van der Waals surface area contributed by atoms with Gasteiger partial charge in [0, 0.05) is 39.9 Å². The topological polar surface area (TPSA) is 44.8 Å². The van der Waals surface area contributed by atoms with E-state index in [0.29, 0.717) is 6.54 Å². The number of carbonyl (C=O) groups is 1. The second kappa shape index (κ2) is 8.44. The van der Waals surface area contributed by atoms with Crippen LogP contribution in [0.3, 0.4) is 0 Å². The van der Waals surface area contributed by atoms with Gasteiger partial charge in [0.25, 0.3) is 0 Å². The normalized spacial score (nSPS) is 17.4. The summed E-state index contributed by atoms with van der Waals surface area (Å²) in [6, 6.07) is 0. The standard InChI is InChI=1S/C12H25N3O2/c1-3-14-6-8-15(9-7-14)12(16)11-13-5-4-10-17-2/h13H,3-11H2,1-2H3. The molecule has 0 aromatic carbocycles. The molecule has 0 unspecified atom stereocenters. The summed E-state index contributed by atoms with van der Waals surface area (Å²) in [4.78, 5) is 16.2. The van der Waals surface area contributed by atoms with Gasteiger partial charge in [0.05, 0.1) is 6.54 Å². The number of piperazine rings is 1. The summed E-state index contributed by atoms with van der Waals surface area (Å²) in [5, 5.41) is 3.16. The first-order chi connectivity index (χ1) is 8.27. The van der Waals surface area contributed by atoms with Crippen LogP contribution in [0.15, 0.2) is 0 Å². The molecule has 0 spiro atoms. The molecule has 5 heteroatoms. The minimum atomic E-state index is 0.221. The lowest BCUT2D eigenvalue weighted by atomic mass is 10.3. The first kappa shape index (κ1) is 14.4. The molecular formula is C12H25N3O2. The lowest BCUT2D eigenvalue weighted by molar-refractivity contribution is -0.131. The third-order valence-electron chi connectivity index (χ3n) is 3.15. The average Bonchev–Trinajstić information content (AvgIpc) is 2.38. The molecular weight excluding hydrogens is 218 g/mol. The van der Waals surface area contributed by atoms with Gasteiger partial charge in [-0.15, -0.1) is 0 Å². The molecule has 100 valence electrons. The summed E-state index contributed by atoms with van der Waals surface area (Å²) in [7, 11) is 1.69. The van der Waals surface area contributed by atoms with Crippen LogP contribution in [0.1, 0.15) is 13.3 Å². The number of hydrogen-bond donors (Lipinski definition) is 1. The summed E-state index contributed by atoms with van der Waals surface area (Å²) in [5.41, 5.74) is 0. The Morgan fingerprint density at radius 2 is 2.00 bits per heavy atom. The van der Waals surface area contributed by atoms with Crippen molar-refractivity contribution >= 4 is 5.91 Å². The lowest BCUT2D eigenvalue weighted by Gasteiger charge is -2.34. The van der Waals surface area contributed by atoms with Crippen LogP contribution in [-0.4, -0.2) is 75.2 Å². The Kier molecular flexibility index (Phi) is 7.16. The number of nitrogens with one attached hydrogen (secondary N) is 1. The predicted octanol–water partition coefficient (Wildman–Crippen LogP) is -0.223. The Morgan fingerprint density at radius 1 is 1.29 bits per heavy atom. The van der Waals surface area contributed by atoms with Gasteiger partial charge in [-0.2, -0.15) is 0 Å². The van der Waals surface area contributed by atoms with Crippen molar-refractivity contribution < 1.29 is 9.53 Å². The van der Waals surface area contributed by atoms with Crippen LogP contribution in [0.25, 0.3) is 0 Å². The summed E-state index contributed by atoms with van der Waals surface area (Å²) < 4.78 is 4.95. The first-order valence-electron chi connectivity index (χ1n) is 6.47. The van der Waals surface area contributed by atoms with E-state index in [4.69, 9.17) is 4.74 Å². The molecule has 0 aromatic rings. The third-order valence-corrected chi connectivity index (χ3v) is 3.15. The van der Waals surface area contributed by atoms with Gasteiger partial charge >= 0.3 is 0 Å². The molecule has 1 aliphatic heterocycles. The van der Waals surface area contributed by atoms with Gasteiger partial charge in [-0.3, -0.25) is 4.79 Å². The smallest absolute Gasteiger partial charge is 0.236 e. The van der Waals surface area contributed by atoms with Crippen LogP contribution < -0.4 is 5.32 Å². The molecule has 0 bridgehead atoms. The van der Waals surface area contributed by atoms with Crippen molar-refractivity contribution in [3.8, 4) is 0 Å². The highest BCUT2D eigenvalue weighted by atomic mass is 16.5. The van der Waals surface area contributed by atoms with Crippen molar-refractivity contribution in [2.24, 2.45) is 0 Å². The zero-order chi connectivity index (χ0) is 12.5. The molecule has 1 heterocycles. The molecule has 0 aromatic heterocycles. The second-order valence-electron chi connectivity index (χ2n) is 4.34. The van der Waals surface area contributed by atoms with Crippen LogP contribution in [0.5, 0.6) is 0 Å². The van der Waals surface area contributed by atoms with Crippen molar-refractivity contribution in [1.29, 1.82) is 0 Å². The number of carbonyl (C=O) groups excluding carboxylic acids is 1. The van der Waals surface area contributed by atoms with E-state index in [1.54, 1.807) is 7.11 Å². The highest BCUT2D eigenvalue weighted by Gasteiger charge is 2.19. The number of rotatable bonds is 7. The number of hydrogen-bond acceptors (Lipinski definition) is 4. The van der Waals surface area contributed by atoms with Gasteiger partial charge in [0.1, 0.15) is 0 Å². The van der Waals surface area contributed by atoms with Crippen LogP contribution in [0.4, 0.5) is 0 Å². The molecule has 0 saturated carbocycles. The molecule has 17 heavy (non-hydrogen) atoms. The lowest BCUT2D eigenvalue weighted by Crippen LogP contribution is -2.50. The van der Waals surface area contributed by atoms with Gasteiger partial charge in [-0.05, 0) is 19.5 Å². The van der Waals surface area contributed by atoms with Crippen LogP contribution >= 0.6 is 0 Å². The van der Waals surface area contributed by atoms with Crippen molar-refractivity contribution in [1.82, 2.24) is 15.1 Å². The highest BCUT2D eigenvalue weighted by Crippen LogP contribution is 2.00. The van der Waals surface area contributed by atoms with E-state index in [-0.39, 0.29) is 5.91 Å². The van der Waals surface area contributed by atoms with E-state index in [2.05, 4.69) is 17.1 Å². The zero-order valence-electron chi connectivity index (χ0n) is 11.1. The first-order valence-corrected chi connectivity index (χ1v) is 6.47. The van der Waals surface area contributed by atoms with E-state index < -0.39 is 0 Å². The quantitative estimate of drug-likeness (QED) is 0.628. The number of amides is 1. The Hall–Kier alpha value is -0.650. The molecule has 1 aliphatic rings. The summed E-state index contributed by atoms with van der Waals surface area (Å²) in [5.74, 6) is 0.221. The monoisotopic (exact) mass is 243 g/mol. The molecule has 1 saturated heterocycles. The summed E-state index contributed by atoms with van der Waals surface area (Å²) in [6.07, 6.45) is 0.952. The van der Waals surface area contributed by atoms with E-state index in [1.807, 2.05) is 4.90 Å². The average molecular weight is 243 g/mol. The van der Waals surface area contributed by atoms with Crippen molar-refractivity contribution in [3.05, 3.63) is 0 Å². The number of nitrogens with zero attached hydrogens (tertiary/aromatic N) is 2. The minimum absolute atomic E-state index is 0.221. The van der Waals surface area contributed by atoms with Crippen molar-refractivity contribution in [2.45, 2.75) is 13.3 Å². The fourth-order valence-corrected chi connectivity index (χ4v) is 1.96. The molecule has 1 amide bonds. The number of methoxy groups -OCH3 is 1. The van der Waals surface area contributed by atoms with Gasteiger partial charge in [0.15, 0.2) is 0 Å². The Morgan fingerprint density at radius 3 is 2.59 bits per heavy atom. The van der Waals surface area contributed by atoms with Crippen LogP contribution in [0.2, 0.25) is 0 Å². The fourth-order valence-electron chi connectivity index (χ4n) is 1.96. The van der Waals surface area contributed by atoms with Crippen molar-refractivity contribution in [3.63, 3.8) is 0 Å². The fraction of sp³-hybridized carbons (Fsp3) is 0.917. The summed E-state index contributed by atoms with van der Waals surface area (Å²) >= 11 is 0. The Labute approximate surface area is 104 Å². The minimum Gasteiger partial charge on any atom is -0.385 e. The third kappa shape index (κ3) is 5.48. The number of ether oxygens (including phenoxy) is 1. The maximum absolute atomic E-state index is 11.8. The van der Waals surface area contributed by atoms with E-state index >= 15 is 0 Å². The SMILES string of the molecule is CCN1CCN(C(=O)CNCCCOC)CC1. The summed E-state index contributed by atoms with van der Waals surface area (Å²) in [6.45, 7) is 9.03. The van der Waals surface area contributed by atoms with Gasteiger partial charge in [-0.25, -0.2) is 0 Å². The largest absolute Gasteiger partial charge is 0.385 e. The maximum Gasteiger partial charge on any atom is 0.236 e. The molecule has 1 N–H and O–H groups in total. The van der Waals surface area contributed by atoms with E-state index in [9.17, 15) is 4.79 Å². The van der Waals surface area contributed by atoms with E-state index in [1.165, 1.54) is 0 Å². The van der Waals surface area contributed by atoms with E-state index in [0.717, 1.165) is 52.3 Å². The molecule has 0 atom stereocenters. The van der Waals surface area contributed by atoms with Gasteiger partial charge < -0.3 is 19.9 Å². The van der Waals surface area contributed by atoms with Gasteiger partial charge in [-0.1, -0.05) is 6.92 Å². The molecule has 0 aliphatic carbocycles. The number of likely N-dealkylation sites (N-methyl/N-ethyl adjacent to an activating group) is 1. The Bertz CT molecular complexity index is 216. The van der Waals surface area contributed by atoms with Crippen LogP contribution in [-0.2, 0) is 9.53 Å². The Balaban J connectivity index is 2.08. The van der Waals surface area contributed by atoms with Crippen molar-refractivity contribution in [2.75, 3.05) is 59.5 Å². The maximum atomic E-state index is 11.8. The highest BCUT2D eigenvalue weighted by molar-refractivity contribution is 5.78. The van der Waals surface area contributed by atoms with Gasteiger partial charge in [0.2, 0.25) is 5.91 Å². The van der Waals surface area contributed by atoms with Crippen LogP contribution in [0, 0.1) is 0 Å². The second-order valence-corrected chi connectivity index (χ2v) is 4.34. The molecule has 1 rings (SSSR count).